The van der Waals surface area contributed by atoms with Crippen molar-refractivity contribution in [3.8, 4) is 0 Å². The van der Waals surface area contributed by atoms with Gasteiger partial charge in [-0.05, 0) is 109 Å². The molecule has 3 N–H and O–H groups in total. The highest BCUT2D eigenvalue weighted by Crippen LogP contribution is 2.14. The molecule has 0 saturated heterocycles. The summed E-state index contributed by atoms with van der Waals surface area (Å²) in [6, 6.07) is -0.653. The first-order valence-electron chi connectivity index (χ1n) is 27.4. The largest absolute Gasteiger partial charge is 0.394 e. The molecule has 0 aliphatic rings. The second kappa shape index (κ2) is 55.9. The van der Waals surface area contributed by atoms with Gasteiger partial charge in [-0.15, -0.1) is 0 Å². The summed E-state index contributed by atoms with van der Waals surface area (Å²) < 4.78 is 0. The van der Waals surface area contributed by atoms with E-state index in [4.69, 9.17) is 0 Å². The lowest BCUT2D eigenvalue weighted by atomic mass is 10.0. The van der Waals surface area contributed by atoms with E-state index in [1.165, 1.54) is 122 Å². The molecule has 0 spiro atoms. The number of hydrogen-bond acceptors (Lipinski definition) is 3. The van der Waals surface area contributed by atoms with E-state index in [1.54, 1.807) is 6.08 Å². The molecule has 0 aliphatic carbocycles. The number of carbonyl (C=O) groups excluding carboxylic acids is 1. The van der Waals surface area contributed by atoms with E-state index in [0.717, 1.165) is 89.9 Å². The molecule has 2 unspecified atom stereocenters. The van der Waals surface area contributed by atoms with Gasteiger partial charge in [-0.2, -0.15) is 0 Å². The number of unbranched alkanes of at least 4 members (excludes halogenated alkanes) is 21. The van der Waals surface area contributed by atoms with Gasteiger partial charge in [-0.1, -0.05) is 250 Å². The van der Waals surface area contributed by atoms with E-state index in [0.29, 0.717) is 6.42 Å². The third kappa shape index (κ3) is 51.5. The summed E-state index contributed by atoms with van der Waals surface area (Å²) in [7, 11) is 0. The topological polar surface area (TPSA) is 69.6 Å². The molecule has 0 aromatic carbocycles. The van der Waals surface area contributed by atoms with Crippen LogP contribution < -0.4 is 5.32 Å². The van der Waals surface area contributed by atoms with Crippen LogP contribution >= 0.6 is 0 Å². The standard InChI is InChI=1S/C62H103NO3/c1-3-5-7-9-11-13-15-17-19-20-21-22-23-24-25-26-27-28-29-30-31-32-33-34-35-36-37-38-39-40-41-42-44-46-48-50-52-54-56-58-62(66)63-60(59-64)61(65)57-55-53-51-49-47-45-43-18-16-14-12-10-8-6-4-2/h5,7,11,13,16-19,21-22,24-25,27-28,30-31,33-34,47,49,55,57,60-61,64-65H,3-4,6,8-10,12,14-15,20,23,26,29,32,35-46,48,50-54,56,58-59H2,1-2H3,(H,63,66)/b7-5-,13-11-,18-16+,19-17-,22-21-,25-24-,28-27-,31-30-,34-33-,49-47+,57-55+. The average molecular weight is 911 g/mol. The first-order valence-corrected chi connectivity index (χ1v) is 27.4. The van der Waals surface area contributed by atoms with Crippen LogP contribution in [-0.2, 0) is 4.79 Å². The van der Waals surface area contributed by atoms with Gasteiger partial charge in [-0.25, -0.2) is 0 Å². The second-order valence-electron chi connectivity index (χ2n) is 17.9. The Kier molecular flexibility index (Phi) is 52.9. The Labute approximate surface area is 409 Å². The van der Waals surface area contributed by atoms with Crippen LogP contribution in [0.2, 0.25) is 0 Å². The van der Waals surface area contributed by atoms with Gasteiger partial charge in [-0.3, -0.25) is 4.79 Å². The van der Waals surface area contributed by atoms with Gasteiger partial charge in [0.1, 0.15) is 0 Å². The van der Waals surface area contributed by atoms with Gasteiger partial charge >= 0.3 is 0 Å². The Hall–Kier alpha value is -3.47. The minimum Gasteiger partial charge on any atom is -0.394 e. The fraction of sp³-hybridized carbons (Fsp3) is 0.629. The van der Waals surface area contributed by atoms with E-state index in [1.807, 2.05) is 6.08 Å². The summed E-state index contributed by atoms with van der Waals surface area (Å²) in [5.41, 5.74) is 0. The van der Waals surface area contributed by atoms with Crippen molar-refractivity contribution in [2.75, 3.05) is 6.61 Å². The lowest BCUT2D eigenvalue weighted by Crippen LogP contribution is -2.45. The van der Waals surface area contributed by atoms with Crippen LogP contribution in [0.5, 0.6) is 0 Å². The molecule has 0 fully saturated rings. The molecular weight excluding hydrogens is 807 g/mol. The van der Waals surface area contributed by atoms with Crippen LogP contribution in [0.15, 0.2) is 134 Å². The van der Waals surface area contributed by atoms with Crippen molar-refractivity contribution in [2.24, 2.45) is 0 Å². The Morgan fingerprint density at radius 1 is 0.379 bits per heavy atom. The van der Waals surface area contributed by atoms with E-state index in [2.05, 4.69) is 141 Å². The highest BCUT2D eigenvalue weighted by molar-refractivity contribution is 5.76. The van der Waals surface area contributed by atoms with Crippen molar-refractivity contribution in [3.63, 3.8) is 0 Å². The molecule has 0 aliphatic heterocycles. The van der Waals surface area contributed by atoms with Crippen LogP contribution in [-0.4, -0.2) is 34.9 Å². The summed E-state index contributed by atoms with van der Waals surface area (Å²) in [6.07, 6.45) is 87.4. The van der Waals surface area contributed by atoms with Crippen LogP contribution in [0, 0.1) is 0 Å². The Bertz CT molecular complexity index is 1350. The van der Waals surface area contributed by atoms with E-state index >= 15 is 0 Å². The smallest absolute Gasteiger partial charge is 0.220 e. The molecule has 1 amide bonds. The molecule has 2 atom stereocenters. The molecule has 4 heteroatoms. The SMILES string of the molecule is CC/C=C\C/C=C\C/C=C\C/C=C\C/C=C\C/C=C\C/C=C\C/C=C\CCCCCCCCCCCCCCCCC(=O)NC(CO)C(O)/C=C/CC/C=C/CC/C=C/CCCCCCC. The molecule has 0 heterocycles. The number of aliphatic hydroxyl groups is 2. The first kappa shape index (κ1) is 62.5. The predicted octanol–water partition coefficient (Wildman–Crippen LogP) is 18.2. The van der Waals surface area contributed by atoms with Crippen LogP contribution in [0.3, 0.4) is 0 Å². The molecule has 0 aromatic heterocycles. The molecule has 0 rings (SSSR count). The second-order valence-corrected chi connectivity index (χ2v) is 17.9. The highest BCUT2D eigenvalue weighted by atomic mass is 16.3. The number of carbonyl (C=O) groups is 1. The molecule has 374 valence electrons. The van der Waals surface area contributed by atoms with Crippen molar-refractivity contribution < 1.29 is 15.0 Å². The average Bonchev–Trinajstić information content (AvgIpc) is 3.32. The quantitative estimate of drug-likeness (QED) is 0.0421. The predicted molar refractivity (Wildman–Crippen MR) is 294 cm³/mol. The van der Waals surface area contributed by atoms with Crippen molar-refractivity contribution in [1.82, 2.24) is 5.32 Å². The number of aliphatic hydroxyl groups excluding tert-OH is 2. The maximum atomic E-state index is 12.4. The van der Waals surface area contributed by atoms with Crippen LogP contribution in [0.25, 0.3) is 0 Å². The molecule has 4 nitrogen and oxygen atoms in total. The maximum absolute atomic E-state index is 12.4. The normalized spacial score (nSPS) is 13.9. The van der Waals surface area contributed by atoms with E-state index < -0.39 is 12.1 Å². The van der Waals surface area contributed by atoms with Crippen molar-refractivity contribution in [2.45, 2.75) is 244 Å². The minimum absolute atomic E-state index is 0.0841. The molecule has 0 radical (unpaired) electrons. The van der Waals surface area contributed by atoms with Crippen molar-refractivity contribution in [1.29, 1.82) is 0 Å². The zero-order valence-corrected chi connectivity index (χ0v) is 42.9. The van der Waals surface area contributed by atoms with Crippen LogP contribution in [0.4, 0.5) is 0 Å². The van der Waals surface area contributed by atoms with Crippen molar-refractivity contribution in [3.05, 3.63) is 134 Å². The fourth-order valence-electron chi connectivity index (χ4n) is 7.46. The lowest BCUT2D eigenvalue weighted by molar-refractivity contribution is -0.123. The summed E-state index contributed by atoms with van der Waals surface area (Å²) >= 11 is 0. The summed E-state index contributed by atoms with van der Waals surface area (Å²) in [5, 5.41) is 23.0. The van der Waals surface area contributed by atoms with Gasteiger partial charge in [0, 0.05) is 6.42 Å². The van der Waals surface area contributed by atoms with E-state index in [9.17, 15) is 15.0 Å². The van der Waals surface area contributed by atoms with Gasteiger partial charge in [0.2, 0.25) is 5.91 Å². The Morgan fingerprint density at radius 2 is 0.682 bits per heavy atom. The van der Waals surface area contributed by atoms with Gasteiger partial charge in [0.05, 0.1) is 18.8 Å². The van der Waals surface area contributed by atoms with Crippen molar-refractivity contribution >= 4 is 5.91 Å². The highest BCUT2D eigenvalue weighted by Gasteiger charge is 2.17. The number of nitrogens with one attached hydrogen (secondary N) is 1. The molecule has 0 saturated carbocycles. The van der Waals surface area contributed by atoms with Gasteiger partial charge < -0.3 is 15.5 Å². The third-order valence-electron chi connectivity index (χ3n) is 11.6. The number of amides is 1. The minimum atomic E-state index is -0.877. The zero-order valence-electron chi connectivity index (χ0n) is 42.9. The van der Waals surface area contributed by atoms with Crippen LogP contribution in [0.1, 0.15) is 232 Å². The monoisotopic (exact) mass is 910 g/mol. The van der Waals surface area contributed by atoms with Gasteiger partial charge in [0.15, 0.2) is 0 Å². The molecule has 0 aromatic rings. The zero-order chi connectivity index (χ0) is 47.7. The summed E-state index contributed by atoms with van der Waals surface area (Å²) in [5.74, 6) is -0.0841. The Balaban J connectivity index is 3.59. The number of rotatable bonds is 48. The Morgan fingerprint density at radius 3 is 1.06 bits per heavy atom. The summed E-state index contributed by atoms with van der Waals surface area (Å²) in [6.45, 7) is 4.15. The number of allylic oxidation sites excluding steroid dienone is 21. The molecule has 0 bridgehead atoms. The third-order valence-corrected chi connectivity index (χ3v) is 11.6. The van der Waals surface area contributed by atoms with E-state index in [-0.39, 0.29) is 12.5 Å². The molecular formula is C62H103NO3. The maximum Gasteiger partial charge on any atom is 0.220 e. The molecule has 66 heavy (non-hydrogen) atoms. The first-order chi connectivity index (χ1) is 32.7. The fourth-order valence-corrected chi connectivity index (χ4v) is 7.46. The van der Waals surface area contributed by atoms with Gasteiger partial charge in [0.25, 0.3) is 0 Å². The summed E-state index contributed by atoms with van der Waals surface area (Å²) in [4.78, 5) is 12.4. The number of hydrogen-bond donors (Lipinski definition) is 3. The lowest BCUT2D eigenvalue weighted by Gasteiger charge is -2.19.